The van der Waals surface area contributed by atoms with Crippen LogP contribution in [0, 0.1) is 6.92 Å². The number of anilines is 2. The number of rotatable bonds is 4. The van der Waals surface area contributed by atoms with Crippen LogP contribution in [0.4, 0.5) is 11.4 Å². The fourth-order valence-electron chi connectivity index (χ4n) is 3.81. The van der Waals surface area contributed by atoms with Crippen LogP contribution in [-0.2, 0) is 0 Å². The summed E-state index contributed by atoms with van der Waals surface area (Å²) in [5.74, 6) is -0.349. The molecule has 0 unspecified atom stereocenters. The van der Waals surface area contributed by atoms with Gasteiger partial charge in [0.1, 0.15) is 0 Å². The smallest absolute Gasteiger partial charge is 0.258 e. The predicted octanol–water partition coefficient (Wildman–Crippen LogP) is 5.39. The summed E-state index contributed by atoms with van der Waals surface area (Å²) in [6.07, 6.45) is 0. The highest BCUT2D eigenvalue weighted by Crippen LogP contribution is 2.22. The molecule has 1 fully saturated rings. The van der Waals surface area contributed by atoms with Gasteiger partial charge in [0, 0.05) is 48.1 Å². The number of carbonyl (C=O) groups is 2. The minimum atomic E-state index is -0.418. The standard InChI is InChI=1S/C26H24Cl2N4O2S/c1-17-2-4-18(5-3-17)25(34)32-14-12-31(13-15-32)21-9-7-20(8-10-21)29-26(35)30-24(33)22-11-6-19(27)16-23(22)28/h2-11,16H,12-15H2,1H3,(H2,29,30,33,35). The van der Waals surface area contributed by atoms with Gasteiger partial charge in [0.2, 0.25) is 0 Å². The normalized spacial score (nSPS) is 13.3. The van der Waals surface area contributed by atoms with Crippen LogP contribution in [0.15, 0.2) is 66.7 Å². The number of thiocarbonyl (C=S) groups is 1. The zero-order valence-electron chi connectivity index (χ0n) is 19.1. The number of aryl methyl sites for hydroxylation is 1. The first kappa shape index (κ1) is 25.0. The molecule has 1 aliphatic heterocycles. The number of hydrogen-bond donors (Lipinski definition) is 2. The maximum absolute atomic E-state index is 12.7. The predicted molar refractivity (Wildman–Crippen MR) is 146 cm³/mol. The first-order valence-electron chi connectivity index (χ1n) is 11.1. The van der Waals surface area contributed by atoms with Crippen LogP contribution in [0.3, 0.4) is 0 Å². The Labute approximate surface area is 219 Å². The molecule has 6 nitrogen and oxygen atoms in total. The molecule has 2 amide bonds. The molecule has 0 atom stereocenters. The lowest BCUT2D eigenvalue weighted by Gasteiger charge is -2.36. The van der Waals surface area contributed by atoms with E-state index in [2.05, 4.69) is 15.5 Å². The molecule has 9 heteroatoms. The second-order valence-electron chi connectivity index (χ2n) is 8.22. The second-order valence-corrected chi connectivity index (χ2v) is 9.48. The number of nitrogens with one attached hydrogen (secondary N) is 2. The van der Waals surface area contributed by atoms with Gasteiger partial charge in [-0.05, 0) is 73.7 Å². The van der Waals surface area contributed by atoms with E-state index < -0.39 is 5.91 Å². The Morgan fingerprint density at radius 1 is 0.886 bits per heavy atom. The quantitative estimate of drug-likeness (QED) is 0.446. The molecular weight excluding hydrogens is 503 g/mol. The molecule has 2 N–H and O–H groups in total. The van der Waals surface area contributed by atoms with Crippen LogP contribution in [0.25, 0.3) is 0 Å². The molecule has 4 rings (SSSR count). The molecular formula is C26H24Cl2N4O2S. The van der Waals surface area contributed by atoms with Crippen molar-refractivity contribution < 1.29 is 9.59 Å². The Morgan fingerprint density at radius 3 is 2.17 bits per heavy atom. The molecule has 0 aliphatic carbocycles. The van der Waals surface area contributed by atoms with Crippen molar-refractivity contribution in [1.82, 2.24) is 10.2 Å². The number of amides is 2. The lowest BCUT2D eigenvalue weighted by atomic mass is 10.1. The van der Waals surface area contributed by atoms with Crippen molar-refractivity contribution in [1.29, 1.82) is 0 Å². The van der Waals surface area contributed by atoms with Crippen LogP contribution in [0.2, 0.25) is 10.0 Å². The average Bonchev–Trinajstić information content (AvgIpc) is 2.84. The second kappa shape index (κ2) is 11.1. The molecule has 0 aromatic heterocycles. The van der Waals surface area contributed by atoms with Gasteiger partial charge >= 0.3 is 0 Å². The van der Waals surface area contributed by atoms with E-state index in [1.807, 2.05) is 60.4 Å². The van der Waals surface area contributed by atoms with Gasteiger partial charge < -0.3 is 15.1 Å². The fraction of sp³-hybridized carbons (Fsp3) is 0.192. The monoisotopic (exact) mass is 526 g/mol. The number of carbonyl (C=O) groups excluding carboxylic acids is 2. The molecule has 35 heavy (non-hydrogen) atoms. The third kappa shape index (κ3) is 6.31. The van der Waals surface area contributed by atoms with Crippen LogP contribution < -0.4 is 15.5 Å². The topological polar surface area (TPSA) is 64.7 Å². The van der Waals surface area contributed by atoms with Gasteiger partial charge in [0.05, 0.1) is 10.6 Å². The van der Waals surface area contributed by atoms with E-state index in [-0.39, 0.29) is 21.6 Å². The lowest BCUT2D eigenvalue weighted by molar-refractivity contribution is 0.0746. The number of hydrogen-bond acceptors (Lipinski definition) is 4. The maximum atomic E-state index is 12.7. The van der Waals surface area contributed by atoms with E-state index in [4.69, 9.17) is 35.4 Å². The lowest BCUT2D eigenvalue weighted by Crippen LogP contribution is -2.48. The van der Waals surface area contributed by atoms with Crippen molar-refractivity contribution in [3.8, 4) is 0 Å². The van der Waals surface area contributed by atoms with Crippen molar-refractivity contribution in [2.75, 3.05) is 36.4 Å². The van der Waals surface area contributed by atoms with E-state index in [1.54, 1.807) is 12.1 Å². The fourth-order valence-corrected chi connectivity index (χ4v) is 4.51. The maximum Gasteiger partial charge on any atom is 0.258 e. The van der Waals surface area contributed by atoms with Gasteiger partial charge in [0.25, 0.3) is 11.8 Å². The average molecular weight is 527 g/mol. The molecule has 0 bridgehead atoms. The number of nitrogens with zero attached hydrogens (tertiary/aromatic N) is 2. The van der Waals surface area contributed by atoms with Crippen molar-refractivity contribution in [3.05, 3.63) is 93.5 Å². The third-order valence-electron chi connectivity index (χ3n) is 5.76. The molecule has 1 aliphatic rings. The summed E-state index contributed by atoms with van der Waals surface area (Å²) in [6, 6.07) is 20.1. The summed E-state index contributed by atoms with van der Waals surface area (Å²) >= 11 is 17.2. The Kier molecular flexibility index (Phi) is 7.90. The Hall–Kier alpha value is -3.13. The highest BCUT2D eigenvalue weighted by Gasteiger charge is 2.22. The van der Waals surface area contributed by atoms with Crippen LogP contribution in [0.5, 0.6) is 0 Å². The van der Waals surface area contributed by atoms with E-state index >= 15 is 0 Å². The number of benzene rings is 3. The van der Waals surface area contributed by atoms with E-state index in [0.29, 0.717) is 18.1 Å². The van der Waals surface area contributed by atoms with Gasteiger partial charge in [-0.3, -0.25) is 14.9 Å². The van der Waals surface area contributed by atoms with Crippen LogP contribution in [-0.4, -0.2) is 48.0 Å². The Morgan fingerprint density at radius 2 is 1.54 bits per heavy atom. The van der Waals surface area contributed by atoms with E-state index in [1.165, 1.54) is 6.07 Å². The van der Waals surface area contributed by atoms with Gasteiger partial charge in [-0.2, -0.15) is 0 Å². The summed E-state index contributed by atoms with van der Waals surface area (Å²) in [5, 5.41) is 6.49. The third-order valence-corrected chi connectivity index (χ3v) is 6.51. The first-order chi connectivity index (χ1) is 16.8. The summed E-state index contributed by atoms with van der Waals surface area (Å²) < 4.78 is 0. The molecule has 1 heterocycles. The Balaban J connectivity index is 1.29. The van der Waals surface area contributed by atoms with Crippen molar-refractivity contribution >= 4 is 63.7 Å². The zero-order chi connectivity index (χ0) is 24.9. The summed E-state index contributed by atoms with van der Waals surface area (Å²) in [5.41, 5.74) is 3.95. The molecule has 0 saturated carbocycles. The van der Waals surface area contributed by atoms with Gasteiger partial charge in [0.15, 0.2) is 5.11 Å². The SMILES string of the molecule is Cc1ccc(C(=O)N2CCN(c3ccc(NC(=S)NC(=O)c4ccc(Cl)cc4Cl)cc3)CC2)cc1. The summed E-state index contributed by atoms with van der Waals surface area (Å²) in [4.78, 5) is 29.3. The Bertz CT molecular complexity index is 1240. The number of halogens is 2. The van der Waals surface area contributed by atoms with Gasteiger partial charge in [-0.1, -0.05) is 40.9 Å². The molecule has 3 aromatic carbocycles. The van der Waals surface area contributed by atoms with Crippen molar-refractivity contribution in [3.63, 3.8) is 0 Å². The van der Waals surface area contributed by atoms with Crippen molar-refractivity contribution in [2.45, 2.75) is 6.92 Å². The van der Waals surface area contributed by atoms with Crippen LogP contribution in [0.1, 0.15) is 26.3 Å². The van der Waals surface area contributed by atoms with Crippen LogP contribution >= 0.6 is 35.4 Å². The molecule has 3 aromatic rings. The first-order valence-corrected chi connectivity index (χ1v) is 12.2. The van der Waals surface area contributed by atoms with E-state index in [9.17, 15) is 9.59 Å². The number of piperazine rings is 1. The summed E-state index contributed by atoms with van der Waals surface area (Å²) in [7, 11) is 0. The highest BCUT2D eigenvalue weighted by molar-refractivity contribution is 7.80. The van der Waals surface area contributed by atoms with Gasteiger partial charge in [-0.25, -0.2) is 0 Å². The summed E-state index contributed by atoms with van der Waals surface area (Å²) in [6.45, 7) is 4.84. The minimum absolute atomic E-state index is 0.0691. The van der Waals surface area contributed by atoms with Crippen molar-refractivity contribution in [2.24, 2.45) is 0 Å². The molecule has 0 spiro atoms. The largest absolute Gasteiger partial charge is 0.368 e. The highest BCUT2D eigenvalue weighted by atomic mass is 35.5. The molecule has 180 valence electrons. The van der Waals surface area contributed by atoms with Gasteiger partial charge in [-0.15, -0.1) is 0 Å². The van der Waals surface area contributed by atoms with E-state index in [0.717, 1.165) is 35.6 Å². The molecule has 1 saturated heterocycles. The zero-order valence-corrected chi connectivity index (χ0v) is 21.4. The minimum Gasteiger partial charge on any atom is -0.368 e. The molecule has 0 radical (unpaired) electrons.